The van der Waals surface area contributed by atoms with Crippen LogP contribution in [0.4, 0.5) is 10.1 Å². The van der Waals surface area contributed by atoms with Crippen LogP contribution in [0.25, 0.3) is 10.9 Å². The van der Waals surface area contributed by atoms with E-state index in [1.165, 1.54) is 12.1 Å². The Bertz CT molecular complexity index is 825. The zero-order chi connectivity index (χ0) is 14.8. The highest BCUT2D eigenvalue weighted by atomic mass is 19.1. The first-order valence-electron chi connectivity index (χ1n) is 6.56. The molecule has 3 nitrogen and oxygen atoms in total. The minimum absolute atomic E-state index is 0.0964. The van der Waals surface area contributed by atoms with Gasteiger partial charge in [-0.05, 0) is 29.8 Å². The second kappa shape index (κ2) is 5.32. The summed E-state index contributed by atoms with van der Waals surface area (Å²) in [7, 11) is 0. The number of benzene rings is 2. The van der Waals surface area contributed by atoms with E-state index in [0.717, 1.165) is 16.5 Å². The summed E-state index contributed by atoms with van der Waals surface area (Å²) < 4.78 is 13.4. The van der Waals surface area contributed by atoms with Crippen LogP contribution in [-0.4, -0.2) is 10.8 Å². The topological polar surface area (TPSA) is 56.0 Å². The number of pyridine rings is 1. The fourth-order valence-electron chi connectivity index (χ4n) is 2.36. The smallest absolute Gasteiger partial charge is 0.169 e. The Morgan fingerprint density at radius 1 is 1.10 bits per heavy atom. The number of carbonyl (C=O) groups excluding carboxylic acids is 1. The second-order valence-corrected chi connectivity index (χ2v) is 4.79. The molecule has 1 aromatic heterocycles. The number of carbonyl (C=O) groups is 1. The van der Waals surface area contributed by atoms with E-state index in [1.54, 1.807) is 18.3 Å². The first-order chi connectivity index (χ1) is 10.2. The van der Waals surface area contributed by atoms with Crippen LogP contribution in [-0.2, 0) is 6.42 Å². The number of nitrogens with two attached hydrogens (primary N) is 1. The molecule has 0 aliphatic rings. The van der Waals surface area contributed by atoms with Gasteiger partial charge in [0.1, 0.15) is 5.82 Å². The lowest BCUT2D eigenvalue weighted by Crippen LogP contribution is -2.08. The van der Waals surface area contributed by atoms with E-state index in [9.17, 15) is 9.18 Å². The first kappa shape index (κ1) is 13.2. The van der Waals surface area contributed by atoms with E-state index in [1.807, 2.05) is 24.3 Å². The van der Waals surface area contributed by atoms with Crippen LogP contribution in [0.1, 0.15) is 15.9 Å². The van der Waals surface area contributed by atoms with E-state index in [4.69, 9.17) is 5.73 Å². The third kappa shape index (κ3) is 2.48. The van der Waals surface area contributed by atoms with Crippen molar-refractivity contribution in [1.29, 1.82) is 0 Å². The van der Waals surface area contributed by atoms with Crippen molar-refractivity contribution < 1.29 is 9.18 Å². The maximum Gasteiger partial charge on any atom is 0.169 e. The molecule has 0 amide bonds. The molecule has 0 saturated heterocycles. The number of nitrogen functional groups attached to an aromatic ring is 1. The number of hydrogen-bond acceptors (Lipinski definition) is 3. The van der Waals surface area contributed by atoms with Gasteiger partial charge in [-0.25, -0.2) is 4.39 Å². The minimum Gasteiger partial charge on any atom is -0.396 e. The molecule has 0 fully saturated rings. The zero-order valence-corrected chi connectivity index (χ0v) is 11.2. The molecule has 3 rings (SSSR count). The molecule has 2 N–H and O–H groups in total. The largest absolute Gasteiger partial charge is 0.396 e. The van der Waals surface area contributed by atoms with Crippen LogP contribution in [0.5, 0.6) is 0 Å². The molecule has 1 heterocycles. The van der Waals surface area contributed by atoms with Gasteiger partial charge in [0.05, 0.1) is 11.2 Å². The first-order valence-corrected chi connectivity index (χ1v) is 6.56. The normalized spacial score (nSPS) is 10.7. The van der Waals surface area contributed by atoms with E-state index in [0.29, 0.717) is 0 Å². The van der Waals surface area contributed by atoms with Gasteiger partial charge in [-0.15, -0.1) is 0 Å². The monoisotopic (exact) mass is 280 g/mol. The predicted molar refractivity (Wildman–Crippen MR) is 80.6 cm³/mol. The third-order valence-corrected chi connectivity index (χ3v) is 3.44. The molecule has 0 bridgehead atoms. The van der Waals surface area contributed by atoms with Gasteiger partial charge in [0.15, 0.2) is 5.78 Å². The van der Waals surface area contributed by atoms with E-state index in [2.05, 4.69) is 4.98 Å². The Morgan fingerprint density at radius 3 is 2.76 bits per heavy atom. The summed E-state index contributed by atoms with van der Waals surface area (Å²) in [5.74, 6) is -0.774. The summed E-state index contributed by atoms with van der Waals surface area (Å²) in [4.78, 5) is 16.6. The summed E-state index contributed by atoms with van der Waals surface area (Å²) in [5, 5.41) is 0.920. The number of aromatic nitrogens is 1. The number of anilines is 1. The van der Waals surface area contributed by atoms with Crippen molar-refractivity contribution >= 4 is 22.4 Å². The molecule has 21 heavy (non-hydrogen) atoms. The van der Waals surface area contributed by atoms with Crippen molar-refractivity contribution in [2.75, 3.05) is 5.73 Å². The fourth-order valence-corrected chi connectivity index (χ4v) is 2.36. The lowest BCUT2D eigenvalue weighted by atomic mass is 9.99. The molecule has 4 heteroatoms. The number of para-hydroxylation sites is 2. The molecular formula is C17H13FN2O. The highest BCUT2D eigenvalue weighted by Gasteiger charge is 2.14. The highest BCUT2D eigenvalue weighted by Crippen LogP contribution is 2.21. The molecular weight excluding hydrogens is 267 g/mol. The van der Waals surface area contributed by atoms with Crippen molar-refractivity contribution in [2.45, 2.75) is 6.42 Å². The van der Waals surface area contributed by atoms with Crippen molar-refractivity contribution in [1.82, 2.24) is 4.98 Å². The van der Waals surface area contributed by atoms with Crippen molar-refractivity contribution in [3.05, 3.63) is 71.7 Å². The van der Waals surface area contributed by atoms with Gasteiger partial charge >= 0.3 is 0 Å². The zero-order valence-electron chi connectivity index (χ0n) is 11.2. The molecule has 0 atom stereocenters. The molecule has 0 aliphatic carbocycles. The molecule has 2 aromatic carbocycles. The SMILES string of the molecule is Nc1c(F)cccc1C(=O)Cc1ccnc2ccccc12. The Labute approximate surface area is 121 Å². The molecule has 0 spiro atoms. The number of hydrogen-bond donors (Lipinski definition) is 1. The maximum absolute atomic E-state index is 13.4. The molecule has 3 aromatic rings. The Kier molecular flexibility index (Phi) is 3.36. The minimum atomic E-state index is -0.569. The van der Waals surface area contributed by atoms with Crippen LogP contribution in [0.3, 0.4) is 0 Å². The number of fused-ring (bicyclic) bond motifs is 1. The number of ketones is 1. The van der Waals surface area contributed by atoms with Crippen LogP contribution >= 0.6 is 0 Å². The number of nitrogens with zero attached hydrogens (tertiary/aromatic N) is 1. The quantitative estimate of drug-likeness (QED) is 0.591. The maximum atomic E-state index is 13.4. The van der Waals surface area contributed by atoms with Gasteiger partial charge in [-0.2, -0.15) is 0 Å². The van der Waals surface area contributed by atoms with Crippen molar-refractivity contribution in [2.24, 2.45) is 0 Å². The Hall–Kier alpha value is -2.75. The molecule has 104 valence electrons. The Morgan fingerprint density at radius 2 is 1.90 bits per heavy atom. The number of Topliss-reactive ketones (excluding diaryl/α,β-unsaturated/α-hetero) is 1. The summed E-state index contributed by atoms with van der Waals surface area (Å²) in [6, 6.07) is 13.7. The number of rotatable bonds is 3. The fraction of sp³-hybridized carbons (Fsp3) is 0.0588. The number of halogens is 1. The second-order valence-electron chi connectivity index (χ2n) is 4.79. The molecule has 0 unspecified atom stereocenters. The van der Waals surface area contributed by atoms with Gasteiger partial charge in [0.2, 0.25) is 0 Å². The van der Waals surface area contributed by atoms with Gasteiger partial charge in [-0.3, -0.25) is 9.78 Å². The predicted octanol–water partition coefficient (Wildman–Crippen LogP) is 3.38. The van der Waals surface area contributed by atoms with Gasteiger partial charge in [0.25, 0.3) is 0 Å². The van der Waals surface area contributed by atoms with Crippen molar-refractivity contribution in [3.8, 4) is 0 Å². The summed E-state index contributed by atoms with van der Waals surface area (Å²) >= 11 is 0. The Balaban J connectivity index is 1.99. The van der Waals surface area contributed by atoms with Gasteiger partial charge < -0.3 is 5.73 Å². The van der Waals surface area contributed by atoms with Crippen molar-refractivity contribution in [3.63, 3.8) is 0 Å². The van der Waals surface area contributed by atoms with Gasteiger partial charge in [-0.1, -0.05) is 24.3 Å². The summed E-state index contributed by atoms with van der Waals surface area (Å²) in [6.07, 6.45) is 1.83. The summed E-state index contributed by atoms with van der Waals surface area (Å²) in [5.41, 5.74) is 7.45. The average Bonchev–Trinajstić information content (AvgIpc) is 2.50. The van der Waals surface area contributed by atoms with E-state index < -0.39 is 5.82 Å². The van der Waals surface area contributed by atoms with E-state index >= 15 is 0 Å². The molecule has 0 saturated carbocycles. The average molecular weight is 280 g/mol. The lowest BCUT2D eigenvalue weighted by molar-refractivity contribution is 0.0994. The lowest BCUT2D eigenvalue weighted by Gasteiger charge is -2.08. The van der Waals surface area contributed by atoms with Crippen LogP contribution in [0, 0.1) is 5.82 Å². The van der Waals surface area contributed by atoms with Crippen LogP contribution in [0.15, 0.2) is 54.7 Å². The van der Waals surface area contributed by atoms with Crippen LogP contribution < -0.4 is 5.73 Å². The van der Waals surface area contributed by atoms with Crippen LogP contribution in [0.2, 0.25) is 0 Å². The highest BCUT2D eigenvalue weighted by molar-refractivity contribution is 6.03. The molecule has 0 aliphatic heterocycles. The van der Waals surface area contributed by atoms with Gasteiger partial charge in [0, 0.05) is 23.6 Å². The summed E-state index contributed by atoms with van der Waals surface area (Å²) in [6.45, 7) is 0. The standard InChI is InChI=1S/C17H13FN2O/c18-14-6-3-5-13(17(14)19)16(21)10-11-8-9-20-15-7-2-1-4-12(11)15/h1-9H,10,19H2. The third-order valence-electron chi connectivity index (χ3n) is 3.44. The van der Waals surface area contributed by atoms with E-state index in [-0.39, 0.29) is 23.5 Å². The molecule has 0 radical (unpaired) electrons.